The van der Waals surface area contributed by atoms with E-state index in [-0.39, 0.29) is 17.7 Å². The highest BCUT2D eigenvalue weighted by atomic mass is 16.5. The molecule has 0 N–H and O–H groups in total. The number of para-hydroxylation sites is 2. The smallest absolute Gasteiger partial charge is 0.239 e. The maximum Gasteiger partial charge on any atom is 0.239 e. The van der Waals surface area contributed by atoms with Gasteiger partial charge in [-0.15, -0.1) is 0 Å². The largest absolute Gasteiger partial charge is 0.494 e. The van der Waals surface area contributed by atoms with Crippen LogP contribution in [0, 0.1) is 11.8 Å². The van der Waals surface area contributed by atoms with E-state index in [4.69, 9.17) is 9.73 Å². The number of carbonyl (C=O) groups is 2. The number of fused-ring (bicyclic) bond motifs is 1. The standard InChI is InChI=1S/C36H26N2O3/c1-41-30-16-7-6-14-28(30)37-21-36-24-19-17-23(18-20-24)31(26-12-4-5-13-27(26)36)32-33(36)35(40)38(34(32)39)29-15-8-10-22-9-2-3-11-25(22)29/h2-21,31-33H,1H3/t31-,32+,33+,36+/m0/s1. The van der Waals surface area contributed by atoms with Gasteiger partial charge < -0.3 is 4.74 Å². The van der Waals surface area contributed by atoms with Crippen molar-refractivity contribution in [3.05, 3.63) is 138 Å². The van der Waals surface area contributed by atoms with Crippen molar-refractivity contribution < 1.29 is 14.3 Å². The second-order valence-electron chi connectivity index (χ2n) is 11.0. The molecule has 0 radical (unpaired) electrons. The fourth-order valence-electron chi connectivity index (χ4n) is 7.47. The molecule has 4 bridgehead atoms. The lowest BCUT2D eigenvalue weighted by Crippen LogP contribution is -2.51. The lowest BCUT2D eigenvalue weighted by atomic mass is 9.52. The average Bonchev–Trinajstić information content (AvgIpc) is 3.27. The van der Waals surface area contributed by atoms with Gasteiger partial charge in [0, 0.05) is 17.5 Å². The van der Waals surface area contributed by atoms with Gasteiger partial charge in [-0.2, -0.15) is 0 Å². The van der Waals surface area contributed by atoms with Crippen molar-refractivity contribution >= 4 is 40.2 Å². The van der Waals surface area contributed by atoms with Crippen molar-refractivity contribution in [3.63, 3.8) is 0 Å². The van der Waals surface area contributed by atoms with Crippen LogP contribution in [0.2, 0.25) is 0 Å². The molecule has 5 aromatic carbocycles. The molecular weight excluding hydrogens is 508 g/mol. The van der Waals surface area contributed by atoms with E-state index in [2.05, 4.69) is 36.4 Å². The highest BCUT2D eigenvalue weighted by molar-refractivity contribution is 6.27. The molecule has 6 aliphatic rings. The van der Waals surface area contributed by atoms with Gasteiger partial charge in [0.25, 0.3) is 0 Å². The van der Waals surface area contributed by atoms with E-state index in [1.165, 1.54) is 4.90 Å². The van der Waals surface area contributed by atoms with Gasteiger partial charge in [-0.3, -0.25) is 14.6 Å². The molecular formula is C36H26N2O3. The topological polar surface area (TPSA) is 59.0 Å². The molecule has 5 aliphatic carbocycles. The number of aliphatic imine (C=N–C) groups is 1. The second-order valence-corrected chi connectivity index (χ2v) is 11.0. The van der Waals surface area contributed by atoms with Crippen LogP contribution in [0.15, 0.2) is 120 Å². The number of amides is 2. The molecule has 198 valence electrons. The normalized spacial score (nSPS) is 24.0. The SMILES string of the molecule is COc1ccccc1N=C[C@@]12c3ccc(cc3)[C@@H](c3ccccc31)[C@H]1C(=O)N(c3cccc4ccccc34)C(=O)[C@@H]12. The number of nitrogens with zero attached hydrogens (tertiary/aromatic N) is 2. The Labute approximate surface area is 237 Å². The first-order chi connectivity index (χ1) is 20.1. The molecule has 0 aromatic heterocycles. The quantitative estimate of drug-likeness (QED) is 0.188. The summed E-state index contributed by atoms with van der Waals surface area (Å²) in [5.41, 5.74) is 4.43. The molecule has 0 unspecified atom stereocenters. The van der Waals surface area contributed by atoms with Crippen LogP contribution in [0.1, 0.15) is 28.2 Å². The van der Waals surface area contributed by atoms with Crippen LogP contribution in [-0.2, 0) is 15.0 Å². The number of hydrogen-bond acceptors (Lipinski definition) is 4. The first kappa shape index (κ1) is 23.8. The molecule has 2 amide bonds. The molecule has 41 heavy (non-hydrogen) atoms. The highest BCUT2D eigenvalue weighted by Gasteiger charge is 2.65. The van der Waals surface area contributed by atoms with Crippen molar-refractivity contribution in [2.75, 3.05) is 12.0 Å². The van der Waals surface area contributed by atoms with Crippen molar-refractivity contribution in [1.29, 1.82) is 0 Å². The number of carbonyl (C=O) groups excluding carboxylic acids is 2. The minimum absolute atomic E-state index is 0.159. The summed E-state index contributed by atoms with van der Waals surface area (Å²) in [5, 5.41) is 1.87. The Morgan fingerprint density at radius 3 is 2.37 bits per heavy atom. The fourth-order valence-corrected chi connectivity index (χ4v) is 7.47. The summed E-state index contributed by atoms with van der Waals surface area (Å²) >= 11 is 0. The van der Waals surface area contributed by atoms with E-state index in [0.717, 1.165) is 33.0 Å². The van der Waals surface area contributed by atoms with Gasteiger partial charge in [-0.05, 0) is 45.8 Å². The van der Waals surface area contributed by atoms with E-state index in [9.17, 15) is 9.59 Å². The number of methoxy groups -OCH3 is 1. The number of anilines is 1. The van der Waals surface area contributed by atoms with Crippen LogP contribution in [-0.4, -0.2) is 25.1 Å². The number of hydrogen-bond donors (Lipinski definition) is 0. The van der Waals surface area contributed by atoms with Crippen molar-refractivity contribution in [3.8, 4) is 5.75 Å². The predicted molar refractivity (Wildman–Crippen MR) is 160 cm³/mol. The first-order valence-electron chi connectivity index (χ1n) is 13.9. The van der Waals surface area contributed by atoms with E-state index in [1.54, 1.807) is 7.11 Å². The summed E-state index contributed by atoms with van der Waals surface area (Å²) in [6, 6.07) is 37.9. The lowest BCUT2D eigenvalue weighted by molar-refractivity contribution is -0.122. The van der Waals surface area contributed by atoms with Crippen molar-refractivity contribution in [2.24, 2.45) is 16.8 Å². The van der Waals surface area contributed by atoms with Gasteiger partial charge in [0.1, 0.15) is 11.4 Å². The molecule has 0 saturated carbocycles. The van der Waals surface area contributed by atoms with Crippen LogP contribution in [0.4, 0.5) is 11.4 Å². The van der Waals surface area contributed by atoms with Gasteiger partial charge in [0.15, 0.2) is 0 Å². The van der Waals surface area contributed by atoms with E-state index in [0.29, 0.717) is 17.1 Å². The van der Waals surface area contributed by atoms with Gasteiger partial charge in [0.05, 0.1) is 30.0 Å². The summed E-state index contributed by atoms with van der Waals surface area (Å²) < 4.78 is 5.60. The van der Waals surface area contributed by atoms with Gasteiger partial charge >= 0.3 is 0 Å². The minimum Gasteiger partial charge on any atom is -0.494 e. The van der Waals surface area contributed by atoms with Gasteiger partial charge in [0.2, 0.25) is 11.8 Å². The summed E-state index contributed by atoms with van der Waals surface area (Å²) in [6.45, 7) is 0. The monoisotopic (exact) mass is 534 g/mol. The lowest BCUT2D eigenvalue weighted by Gasteiger charge is -2.48. The molecule has 1 saturated heterocycles. The summed E-state index contributed by atoms with van der Waals surface area (Å²) in [6.07, 6.45) is 1.90. The Morgan fingerprint density at radius 2 is 1.51 bits per heavy atom. The zero-order chi connectivity index (χ0) is 27.7. The Hall–Kier alpha value is -5.03. The zero-order valence-corrected chi connectivity index (χ0v) is 22.4. The molecule has 1 aliphatic heterocycles. The van der Waals surface area contributed by atoms with E-state index in [1.807, 2.05) is 85.1 Å². The third-order valence-electron chi connectivity index (χ3n) is 9.19. The molecule has 1 heterocycles. The van der Waals surface area contributed by atoms with Crippen LogP contribution in [0.3, 0.4) is 0 Å². The summed E-state index contributed by atoms with van der Waals surface area (Å²) in [4.78, 5) is 35.9. The number of imide groups is 1. The molecule has 5 aromatic rings. The van der Waals surface area contributed by atoms with Crippen molar-refractivity contribution in [2.45, 2.75) is 11.3 Å². The number of rotatable bonds is 4. The Kier molecular flexibility index (Phi) is 5.08. The van der Waals surface area contributed by atoms with Crippen LogP contribution in [0.5, 0.6) is 5.75 Å². The Balaban J connectivity index is 1.41. The van der Waals surface area contributed by atoms with Crippen LogP contribution < -0.4 is 9.64 Å². The number of ether oxygens (including phenoxy) is 1. The zero-order valence-electron chi connectivity index (χ0n) is 22.4. The van der Waals surface area contributed by atoms with E-state index >= 15 is 0 Å². The molecule has 5 heteroatoms. The molecule has 11 rings (SSSR count). The Bertz CT molecular complexity index is 1910. The van der Waals surface area contributed by atoms with Gasteiger partial charge in [-0.25, -0.2) is 4.90 Å². The average molecular weight is 535 g/mol. The third kappa shape index (κ3) is 3.14. The minimum atomic E-state index is -0.955. The number of benzene rings is 5. The maximum absolute atomic E-state index is 14.8. The van der Waals surface area contributed by atoms with E-state index < -0.39 is 17.3 Å². The summed E-state index contributed by atoms with van der Waals surface area (Å²) in [7, 11) is 1.62. The maximum atomic E-state index is 14.8. The second kappa shape index (κ2) is 8.73. The predicted octanol–water partition coefficient (Wildman–Crippen LogP) is 6.80. The van der Waals surface area contributed by atoms with Crippen LogP contribution >= 0.6 is 0 Å². The van der Waals surface area contributed by atoms with Gasteiger partial charge in [-0.1, -0.05) is 97.1 Å². The molecule has 0 spiro atoms. The first-order valence-corrected chi connectivity index (χ1v) is 13.9. The molecule has 4 atom stereocenters. The molecule has 5 nitrogen and oxygen atoms in total. The molecule has 1 fully saturated rings. The van der Waals surface area contributed by atoms with Crippen molar-refractivity contribution in [1.82, 2.24) is 0 Å². The van der Waals surface area contributed by atoms with Crippen LogP contribution in [0.25, 0.3) is 10.8 Å². The summed E-state index contributed by atoms with van der Waals surface area (Å²) in [5.74, 6) is -1.17. The fraction of sp³-hybridized carbons (Fsp3) is 0.139. The third-order valence-corrected chi connectivity index (χ3v) is 9.19. The highest BCUT2D eigenvalue weighted by Crippen LogP contribution is 2.60. The Morgan fingerprint density at radius 1 is 0.780 bits per heavy atom.